The average Bonchev–Trinajstić information content (AvgIpc) is 2.60. The molecule has 0 saturated carbocycles. The van der Waals surface area contributed by atoms with E-state index in [0.29, 0.717) is 6.61 Å². The average molecular weight is 327 g/mol. The summed E-state index contributed by atoms with van der Waals surface area (Å²) in [6, 6.07) is 12.1. The summed E-state index contributed by atoms with van der Waals surface area (Å²) in [5, 5.41) is 2.76. The summed E-state index contributed by atoms with van der Waals surface area (Å²) >= 11 is 0. The van der Waals surface area contributed by atoms with Crippen molar-refractivity contribution in [3.63, 3.8) is 0 Å². The Bertz CT molecular complexity index is 710. The smallest absolute Gasteiger partial charge is 0.411 e. The molecule has 0 aromatic heterocycles. The SMILES string of the molecule is CCc1ccc(OCc2c(CC)cccc2NC(=O)OC)c(C)c1. The van der Waals surface area contributed by atoms with Gasteiger partial charge in [-0.1, -0.05) is 38.1 Å². The van der Waals surface area contributed by atoms with Crippen LogP contribution in [0.2, 0.25) is 0 Å². The van der Waals surface area contributed by atoms with Gasteiger partial charge in [0.25, 0.3) is 0 Å². The van der Waals surface area contributed by atoms with E-state index in [4.69, 9.17) is 9.47 Å². The third kappa shape index (κ3) is 4.28. The summed E-state index contributed by atoms with van der Waals surface area (Å²) in [6.07, 6.45) is 1.39. The molecule has 0 bridgehead atoms. The maximum atomic E-state index is 11.6. The standard InChI is InChI=1S/C20H25NO3/c1-5-15-10-11-19(14(3)12-15)24-13-17-16(6-2)8-7-9-18(17)21-20(22)23-4/h7-12H,5-6,13H2,1-4H3,(H,21,22). The molecule has 1 N–H and O–H groups in total. The van der Waals surface area contributed by atoms with E-state index in [9.17, 15) is 4.79 Å². The zero-order chi connectivity index (χ0) is 17.5. The number of amides is 1. The van der Waals surface area contributed by atoms with Crippen molar-refractivity contribution in [2.24, 2.45) is 0 Å². The van der Waals surface area contributed by atoms with Gasteiger partial charge in [-0.3, -0.25) is 5.32 Å². The number of aryl methyl sites for hydroxylation is 3. The van der Waals surface area contributed by atoms with E-state index in [0.717, 1.165) is 41.0 Å². The molecule has 0 atom stereocenters. The van der Waals surface area contributed by atoms with E-state index in [1.807, 2.05) is 31.2 Å². The predicted octanol–water partition coefficient (Wildman–Crippen LogP) is 4.88. The van der Waals surface area contributed by atoms with Crippen molar-refractivity contribution in [3.8, 4) is 5.75 Å². The van der Waals surface area contributed by atoms with Gasteiger partial charge in [0, 0.05) is 5.56 Å². The van der Waals surface area contributed by atoms with Gasteiger partial charge in [-0.15, -0.1) is 0 Å². The Morgan fingerprint density at radius 1 is 1.12 bits per heavy atom. The summed E-state index contributed by atoms with van der Waals surface area (Å²) in [7, 11) is 1.35. The molecule has 128 valence electrons. The van der Waals surface area contributed by atoms with Crippen LogP contribution in [0.5, 0.6) is 5.75 Å². The molecule has 0 heterocycles. The Labute approximate surface area is 143 Å². The third-order valence-corrected chi connectivity index (χ3v) is 4.10. The van der Waals surface area contributed by atoms with Gasteiger partial charge in [0.15, 0.2) is 0 Å². The molecule has 24 heavy (non-hydrogen) atoms. The lowest BCUT2D eigenvalue weighted by atomic mass is 10.0. The summed E-state index contributed by atoms with van der Waals surface area (Å²) in [5.74, 6) is 0.863. The van der Waals surface area contributed by atoms with Crippen LogP contribution in [0.1, 0.15) is 36.1 Å². The number of methoxy groups -OCH3 is 1. The van der Waals surface area contributed by atoms with Gasteiger partial charge in [0.1, 0.15) is 12.4 Å². The molecule has 2 rings (SSSR count). The van der Waals surface area contributed by atoms with Gasteiger partial charge >= 0.3 is 6.09 Å². The predicted molar refractivity (Wildman–Crippen MR) is 96.7 cm³/mol. The minimum absolute atomic E-state index is 0.398. The maximum absolute atomic E-state index is 11.6. The maximum Gasteiger partial charge on any atom is 0.411 e. The third-order valence-electron chi connectivity index (χ3n) is 4.10. The van der Waals surface area contributed by atoms with Crippen LogP contribution in [0, 0.1) is 6.92 Å². The van der Waals surface area contributed by atoms with Crippen LogP contribution in [-0.2, 0) is 24.2 Å². The normalized spacial score (nSPS) is 10.3. The van der Waals surface area contributed by atoms with Gasteiger partial charge in [0.2, 0.25) is 0 Å². The summed E-state index contributed by atoms with van der Waals surface area (Å²) in [5.41, 5.74) is 5.26. The molecule has 4 nitrogen and oxygen atoms in total. The van der Waals surface area contributed by atoms with Crippen molar-refractivity contribution >= 4 is 11.8 Å². The van der Waals surface area contributed by atoms with E-state index < -0.39 is 6.09 Å². The topological polar surface area (TPSA) is 47.6 Å². The van der Waals surface area contributed by atoms with E-state index >= 15 is 0 Å². The lowest BCUT2D eigenvalue weighted by Gasteiger charge is -2.16. The molecule has 0 aliphatic carbocycles. The molecule has 4 heteroatoms. The molecule has 0 spiro atoms. The molecule has 0 fully saturated rings. The van der Waals surface area contributed by atoms with Crippen molar-refractivity contribution in [1.82, 2.24) is 0 Å². The minimum Gasteiger partial charge on any atom is -0.489 e. The number of hydrogen-bond acceptors (Lipinski definition) is 3. The van der Waals surface area contributed by atoms with E-state index in [1.54, 1.807) is 0 Å². The molecule has 0 radical (unpaired) electrons. The zero-order valence-corrected chi connectivity index (χ0v) is 14.8. The molecular formula is C20H25NO3. The number of benzene rings is 2. The molecule has 2 aromatic carbocycles. The first-order valence-electron chi connectivity index (χ1n) is 8.27. The first-order valence-corrected chi connectivity index (χ1v) is 8.27. The zero-order valence-electron chi connectivity index (χ0n) is 14.8. The van der Waals surface area contributed by atoms with Crippen molar-refractivity contribution in [2.75, 3.05) is 12.4 Å². The fourth-order valence-electron chi connectivity index (χ4n) is 2.66. The summed E-state index contributed by atoms with van der Waals surface area (Å²) in [4.78, 5) is 11.6. The van der Waals surface area contributed by atoms with Crippen LogP contribution in [0.3, 0.4) is 0 Å². The number of anilines is 1. The Morgan fingerprint density at radius 2 is 1.92 bits per heavy atom. The molecule has 0 aliphatic heterocycles. The fraction of sp³-hybridized carbons (Fsp3) is 0.350. The minimum atomic E-state index is -0.479. The monoisotopic (exact) mass is 327 g/mol. The number of carbonyl (C=O) groups is 1. The van der Waals surface area contributed by atoms with E-state index in [2.05, 4.69) is 31.3 Å². The van der Waals surface area contributed by atoms with Gasteiger partial charge in [0.05, 0.1) is 12.8 Å². The molecule has 0 saturated heterocycles. The van der Waals surface area contributed by atoms with Crippen LogP contribution in [0.25, 0.3) is 0 Å². The summed E-state index contributed by atoms with van der Waals surface area (Å²) < 4.78 is 10.7. The Hall–Kier alpha value is -2.49. The molecule has 2 aromatic rings. The highest BCUT2D eigenvalue weighted by Crippen LogP contribution is 2.25. The van der Waals surface area contributed by atoms with E-state index in [-0.39, 0.29) is 0 Å². The number of hydrogen-bond donors (Lipinski definition) is 1. The first-order chi connectivity index (χ1) is 11.6. The lowest BCUT2D eigenvalue weighted by Crippen LogP contribution is -2.14. The highest BCUT2D eigenvalue weighted by molar-refractivity contribution is 5.85. The van der Waals surface area contributed by atoms with Crippen molar-refractivity contribution in [1.29, 1.82) is 0 Å². The Kier molecular flexibility index (Phi) is 6.24. The highest BCUT2D eigenvalue weighted by atomic mass is 16.5. The lowest BCUT2D eigenvalue weighted by molar-refractivity contribution is 0.187. The van der Waals surface area contributed by atoms with Gasteiger partial charge in [-0.05, 0) is 48.6 Å². The van der Waals surface area contributed by atoms with Gasteiger partial charge in [-0.2, -0.15) is 0 Å². The Morgan fingerprint density at radius 3 is 2.54 bits per heavy atom. The van der Waals surface area contributed by atoms with Gasteiger partial charge in [-0.25, -0.2) is 4.79 Å². The number of carbonyl (C=O) groups excluding carboxylic acids is 1. The molecule has 1 amide bonds. The Balaban J connectivity index is 2.23. The second-order valence-corrected chi connectivity index (χ2v) is 5.66. The number of ether oxygens (including phenoxy) is 2. The quantitative estimate of drug-likeness (QED) is 0.823. The fourth-order valence-corrected chi connectivity index (χ4v) is 2.66. The summed E-state index contributed by atoms with van der Waals surface area (Å²) in [6.45, 7) is 6.67. The van der Waals surface area contributed by atoms with Crippen molar-refractivity contribution in [3.05, 3.63) is 58.7 Å². The molecular weight excluding hydrogens is 302 g/mol. The second kappa shape index (κ2) is 8.39. The van der Waals surface area contributed by atoms with Gasteiger partial charge < -0.3 is 9.47 Å². The highest BCUT2D eigenvalue weighted by Gasteiger charge is 2.12. The van der Waals surface area contributed by atoms with Crippen LogP contribution in [0.4, 0.5) is 10.5 Å². The van der Waals surface area contributed by atoms with Crippen LogP contribution < -0.4 is 10.1 Å². The number of nitrogens with one attached hydrogen (secondary N) is 1. The van der Waals surface area contributed by atoms with Crippen LogP contribution in [0.15, 0.2) is 36.4 Å². The van der Waals surface area contributed by atoms with Crippen LogP contribution in [-0.4, -0.2) is 13.2 Å². The van der Waals surface area contributed by atoms with Crippen molar-refractivity contribution in [2.45, 2.75) is 40.2 Å². The number of rotatable bonds is 6. The second-order valence-electron chi connectivity index (χ2n) is 5.66. The van der Waals surface area contributed by atoms with E-state index in [1.165, 1.54) is 12.7 Å². The molecule has 0 aliphatic rings. The first kappa shape index (κ1) is 17.9. The molecule has 0 unspecified atom stereocenters. The largest absolute Gasteiger partial charge is 0.489 e. The van der Waals surface area contributed by atoms with Crippen molar-refractivity contribution < 1.29 is 14.3 Å². The van der Waals surface area contributed by atoms with Crippen LogP contribution >= 0.6 is 0 Å².